The maximum Gasteiger partial charge on any atom is 0.346 e. The third-order valence-corrected chi connectivity index (χ3v) is 7.37. The van der Waals surface area contributed by atoms with Crippen LogP contribution in [0.15, 0.2) is 47.6 Å². The largest absolute Gasteiger partial charge is 0.477 e. The number of carbonyl (C=O) groups is 1. The molecular weight excluding hydrogens is 473 g/mol. The van der Waals surface area contributed by atoms with Crippen LogP contribution in [-0.2, 0) is 17.0 Å². The zero-order valence-electron chi connectivity index (χ0n) is 17.0. The second kappa shape index (κ2) is 9.99. The highest BCUT2D eigenvalue weighted by Crippen LogP contribution is 2.38. The summed E-state index contributed by atoms with van der Waals surface area (Å²) in [6.07, 6.45) is 0.732. The van der Waals surface area contributed by atoms with E-state index >= 15 is 0 Å². The van der Waals surface area contributed by atoms with E-state index < -0.39 is 11.8 Å². The third kappa shape index (κ3) is 4.52. The predicted molar refractivity (Wildman–Crippen MR) is 125 cm³/mol. The fourth-order valence-electron chi connectivity index (χ4n) is 3.42. The number of thiophene rings is 1. The summed E-state index contributed by atoms with van der Waals surface area (Å²) in [5, 5.41) is 19.8. The van der Waals surface area contributed by atoms with Crippen LogP contribution in [0.1, 0.15) is 21.7 Å². The number of ether oxygens (including phenoxy) is 1. The van der Waals surface area contributed by atoms with Crippen LogP contribution in [0, 0.1) is 5.82 Å². The highest BCUT2D eigenvalue weighted by atomic mass is 35.5. The molecule has 2 aromatic heterocycles. The van der Waals surface area contributed by atoms with E-state index in [1.165, 1.54) is 17.8 Å². The summed E-state index contributed by atoms with van der Waals surface area (Å²) in [5.74, 6) is -0.637. The number of carboxylic acid groups (broad SMARTS) is 1. The number of carboxylic acids is 1. The summed E-state index contributed by atoms with van der Waals surface area (Å²) in [7, 11) is 1.64. The highest BCUT2D eigenvalue weighted by Gasteiger charge is 2.22. The highest BCUT2D eigenvalue weighted by molar-refractivity contribution is 7.98. The van der Waals surface area contributed by atoms with Gasteiger partial charge in [-0.05, 0) is 36.2 Å². The number of fused-ring (bicyclic) bond motifs is 1. The Hall–Kier alpha value is -2.46. The molecule has 0 amide bonds. The minimum Gasteiger partial charge on any atom is -0.477 e. The van der Waals surface area contributed by atoms with Crippen molar-refractivity contribution < 1.29 is 19.0 Å². The molecule has 166 valence electrons. The standard InChI is InChI=1S/C22H19ClFN3O3S2/c1-30-11-5-10-27-20(13-6-2-3-7-15(13)23)25-26-22(27)31-12-14-18-16(24)8-4-9-17(18)32-19(14)21(28)29/h2-4,6-9H,5,10-12H2,1H3,(H,28,29). The van der Waals surface area contributed by atoms with Gasteiger partial charge in [-0.25, -0.2) is 9.18 Å². The van der Waals surface area contributed by atoms with Gasteiger partial charge in [-0.1, -0.05) is 41.6 Å². The average molecular weight is 492 g/mol. The molecule has 0 aliphatic carbocycles. The van der Waals surface area contributed by atoms with E-state index in [2.05, 4.69) is 10.2 Å². The molecule has 2 heterocycles. The van der Waals surface area contributed by atoms with Crippen LogP contribution < -0.4 is 0 Å². The smallest absolute Gasteiger partial charge is 0.346 e. The number of rotatable bonds is 9. The maximum absolute atomic E-state index is 14.5. The molecule has 10 heteroatoms. The molecule has 0 saturated carbocycles. The first kappa shape index (κ1) is 22.7. The SMILES string of the molecule is COCCCn1c(SCc2c(C(=O)O)sc3cccc(F)c23)nnc1-c1ccccc1Cl. The van der Waals surface area contributed by atoms with Crippen LogP contribution in [-0.4, -0.2) is 39.6 Å². The van der Waals surface area contributed by atoms with Crippen LogP contribution in [0.2, 0.25) is 5.02 Å². The summed E-state index contributed by atoms with van der Waals surface area (Å²) in [4.78, 5) is 11.9. The monoisotopic (exact) mass is 491 g/mol. The van der Waals surface area contributed by atoms with Gasteiger partial charge in [0.15, 0.2) is 11.0 Å². The van der Waals surface area contributed by atoms with Gasteiger partial charge < -0.3 is 14.4 Å². The van der Waals surface area contributed by atoms with E-state index in [1.54, 1.807) is 25.3 Å². The second-order valence-corrected chi connectivity index (χ2v) is 9.30. The molecule has 0 unspecified atom stereocenters. The van der Waals surface area contributed by atoms with Gasteiger partial charge in [0.2, 0.25) is 0 Å². The number of methoxy groups -OCH3 is 1. The van der Waals surface area contributed by atoms with Gasteiger partial charge in [0.25, 0.3) is 0 Å². The molecule has 4 rings (SSSR count). The predicted octanol–water partition coefficient (Wildman–Crippen LogP) is 5.98. The zero-order valence-corrected chi connectivity index (χ0v) is 19.4. The number of aromatic nitrogens is 3. The van der Waals surface area contributed by atoms with Gasteiger partial charge in [-0.2, -0.15) is 0 Å². The van der Waals surface area contributed by atoms with Crippen molar-refractivity contribution in [2.24, 2.45) is 0 Å². The van der Waals surface area contributed by atoms with Crippen LogP contribution in [0.25, 0.3) is 21.5 Å². The molecule has 0 aliphatic rings. The summed E-state index contributed by atoms with van der Waals surface area (Å²) >= 11 is 8.78. The van der Waals surface area contributed by atoms with Crippen molar-refractivity contribution in [2.75, 3.05) is 13.7 Å². The average Bonchev–Trinajstić information content (AvgIpc) is 3.35. The first-order valence-corrected chi connectivity index (χ1v) is 11.9. The van der Waals surface area contributed by atoms with Crippen molar-refractivity contribution in [3.8, 4) is 11.4 Å². The molecule has 4 aromatic rings. The molecule has 0 saturated heterocycles. The lowest BCUT2D eigenvalue weighted by Crippen LogP contribution is -2.06. The number of halogens is 2. The van der Waals surface area contributed by atoms with E-state index in [0.717, 1.165) is 23.3 Å². The second-order valence-electron chi connectivity index (χ2n) is 6.90. The Balaban J connectivity index is 1.70. The number of benzene rings is 2. The van der Waals surface area contributed by atoms with Crippen molar-refractivity contribution in [2.45, 2.75) is 23.9 Å². The molecule has 0 bridgehead atoms. The Morgan fingerprint density at radius 1 is 1.25 bits per heavy atom. The van der Waals surface area contributed by atoms with Crippen LogP contribution in [0.3, 0.4) is 0 Å². The van der Waals surface area contributed by atoms with E-state index in [1.807, 2.05) is 22.8 Å². The Morgan fingerprint density at radius 2 is 2.06 bits per heavy atom. The van der Waals surface area contributed by atoms with Gasteiger partial charge in [0.1, 0.15) is 10.7 Å². The van der Waals surface area contributed by atoms with Crippen molar-refractivity contribution in [3.05, 3.63) is 63.7 Å². The number of hydrogen-bond donors (Lipinski definition) is 1. The Kier molecular flexibility index (Phi) is 7.10. The zero-order chi connectivity index (χ0) is 22.7. The molecule has 0 spiro atoms. The van der Waals surface area contributed by atoms with Crippen molar-refractivity contribution in [3.63, 3.8) is 0 Å². The Bertz CT molecular complexity index is 1270. The first-order valence-electron chi connectivity index (χ1n) is 9.74. The normalized spacial score (nSPS) is 11.3. The molecule has 0 radical (unpaired) electrons. The van der Waals surface area contributed by atoms with Crippen molar-refractivity contribution in [1.29, 1.82) is 0 Å². The lowest BCUT2D eigenvalue weighted by Gasteiger charge is -2.11. The summed E-state index contributed by atoms with van der Waals surface area (Å²) in [5.41, 5.74) is 1.20. The summed E-state index contributed by atoms with van der Waals surface area (Å²) in [6, 6.07) is 12.0. The third-order valence-electron chi connectivity index (χ3n) is 4.86. The van der Waals surface area contributed by atoms with E-state index in [-0.39, 0.29) is 10.6 Å². The van der Waals surface area contributed by atoms with E-state index in [4.69, 9.17) is 16.3 Å². The van der Waals surface area contributed by atoms with Gasteiger partial charge in [-0.15, -0.1) is 21.5 Å². The first-order chi connectivity index (χ1) is 15.5. The Labute approximate surface area is 197 Å². The number of hydrogen-bond acceptors (Lipinski definition) is 6. The molecule has 32 heavy (non-hydrogen) atoms. The fourth-order valence-corrected chi connectivity index (χ4v) is 5.80. The lowest BCUT2D eigenvalue weighted by molar-refractivity contribution is 0.0701. The topological polar surface area (TPSA) is 77.2 Å². The molecular formula is C22H19ClFN3O3S2. The molecule has 0 aliphatic heterocycles. The quantitative estimate of drug-likeness (QED) is 0.229. The molecule has 0 fully saturated rings. The molecule has 1 N–H and O–H groups in total. The Morgan fingerprint density at radius 3 is 2.81 bits per heavy atom. The lowest BCUT2D eigenvalue weighted by atomic mass is 10.1. The van der Waals surface area contributed by atoms with Crippen LogP contribution >= 0.6 is 34.7 Å². The number of thioether (sulfide) groups is 1. The van der Waals surface area contributed by atoms with Gasteiger partial charge >= 0.3 is 5.97 Å². The van der Waals surface area contributed by atoms with Gasteiger partial charge in [-0.3, -0.25) is 0 Å². The summed E-state index contributed by atoms with van der Waals surface area (Å²) in [6.45, 7) is 1.15. The van der Waals surface area contributed by atoms with E-state index in [0.29, 0.717) is 44.8 Å². The van der Waals surface area contributed by atoms with Gasteiger partial charge in [0, 0.05) is 41.7 Å². The maximum atomic E-state index is 14.5. The minimum absolute atomic E-state index is 0.134. The van der Waals surface area contributed by atoms with Gasteiger partial charge in [0.05, 0.1) is 5.02 Å². The molecule has 6 nitrogen and oxygen atoms in total. The number of nitrogens with zero attached hydrogens (tertiary/aromatic N) is 3. The molecule has 2 aromatic carbocycles. The minimum atomic E-state index is -1.07. The fraction of sp³-hybridized carbons (Fsp3) is 0.227. The molecule has 0 atom stereocenters. The van der Waals surface area contributed by atoms with Crippen LogP contribution in [0.5, 0.6) is 0 Å². The van der Waals surface area contributed by atoms with Crippen molar-refractivity contribution in [1.82, 2.24) is 14.8 Å². The summed E-state index contributed by atoms with van der Waals surface area (Å²) < 4.78 is 22.3. The van der Waals surface area contributed by atoms with Crippen molar-refractivity contribution >= 4 is 50.8 Å². The van der Waals surface area contributed by atoms with E-state index in [9.17, 15) is 14.3 Å². The number of aromatic carboxylic acids is 1. The van der Waals surface area contributed by atoms with Crippen LogP contribution in [0.4, 0.5) is 4.39 Å².